The number of halogens is 5. The Kier molecular flexibility index (Phi) is 4.44. The first-order valence-corrected chi connectivity index (χ1v) is 9.25. The summed E-state index contributed by atoms with van der Waals surface area (Å²) in [6.45, 7) is 0.955. The molecule has 1 amide bonds. The SMILES string of the molecule is O=C(N(c1cccc(C2CC2NCC2CC2)c1)C1CC(F)(F)C1)C(F)(F)F. The second-order valence-electron chi connectivity index (χ2n) is 7.99. The molecule has 1 aromatic carbocycles. The van der Waals surface area contributed by atoms with Gasteiger partial charge in [0.2, 0.25) is 0 Å². The van der Waals surface area contributed by atoms with E-state index in [1.807, 2.05) is 6.07 Å². The zero-order valence-electron chi connectivity index (χ0n) is 14.6. The molecule has 3 nitrogen and oxygen atoms in total. The Morgan fingerprint density at radius 3 is 2.52 bits per heavy atom. The molecule has 0 spiro atoms. The topological polar surface area (TPSA) is 32.3 Å². The second-order valence-corrected chi connectivity index (χ2v) is 7.99. The van der Waals surface area contributed by atoms with E-state index in [1.54, 1.807) is 12.1 Å². The van der Waals surface area contributed by atoms with Crippen molar-refractivity contribution in [2.45, 2.75) is 62.2 Å². The highest BCUT2D eigenvalue weighted by Gasteiger charge is 2.54. The number of nitrogens with zero attached hydrogens (tertiary/aromatic N) is 1. The molecule has 0 aliphatic heterocycles. The van der Waals surface area contributed by atoms with Gasteiger partial charge >= 0.3 is 12.1 Å². The van der Waals surface area contributed by atoms with Crippen molar-refractivity contribution in [3.05, 3.63) is 29.8 Å². The molecule has 0 heterocycles. The molecule has 3 aliphatic carbocycles. The lowest BCUT2D eigenvalue weighted by Crippen LogP contribution is -2.56. The van der Waals surface area contributed by atoms with Gasteiger partial charge in [0.25, 0.3) is 5.92 Å². The van der Waals surface area contributed by atoms with Crippen LogP contribution in [0.1, 0.15) is 43.6 Å². The number of nitrogens with one attached hydrogen (secondary N) is 1. The molecule has 1 aromatic rings. The van der Waals surface area contributed by atoms with Crippen molar-refractivity contribution in [1.82, 2.24) is 5.32 Å². The van der Waals surface area contributed by atoms with Gasteiger partial charge in [-0.1, -0.05) is 12.1 Å². The van der Waals surface area contributed by atoms with Crippen LogP contribution in [0, 0.1) is 5.92 Å². The summed E-state index contributed by atoms with van der Waals surface area (Å²) in [6, 6.07) is 5.50. The average Bonchev–Trinajstić information content (AvgIpc) is 3.45. The number of hydrogen-bond donors (Lipinski definition) is 1. The summed E-state index contributed by atoms with van der Waals surface area (Å²) in [5.74, 6) is -4.17. The van der Waals surface area contributed by atoms with E-state index in [4.69, 9.17) is 0 Å². The van der Waals surface area contributed by atoms with Crippen LogP contribution in [0.3, 0.4) is 0 Å². The summed E-state index contributed by atoms with van der Waals surface area (Å²) < 4.78 is 65.5. The first-order chi connectivity index (χ1) is 12.6. The fourth-order valence-corrected chi connectivity index (χ4v) is 3.78. The van der Waals surface area contributed by atoms with Gasteiger partial charge in [0.05, 0.1) is 0 Å². The van der Waals surface area contributed by atoms with Gasteiger partial charge in [-0.25, -0.2) is 8.78 Å². The summed E-state index contributed by atoms with van der Waals surface area (Å²) in [7, 11) is 0. The maximum Gasteiger partial charge on any atom is 0.471 e. The third kappa shape index (κ3) is 4.10. The van der Waals surface area contributed by atoms with Crippen molar-refractivity contribution < 1.29 is 26.7 Å². The maximum absolute atomic E-state index is 13.2. The van der Waals surface area contributed by atoms with Gasteiger partial charge in [0.15, 0.2) is 0 Å². The van der Waals surface area contributed by atoms with Crippen molar-refractivity contribution in [3.8, 4) is 0 Å². The van der Waals surface area contributed by atoms with Crippen LogP contribution >= 0.6 is 0 Å². The summed E-state index contributed by atoms with van der Waals surface area (Å²) in [4.78, 5) is 12.4. The van der Waals surface area contributed by atoms with Gasteiger partial charge in [-0.3, -0.25) is 4.79 Å². The molecule has 1 N–H and O–H groups in total. The number of benzene rings is 1. The van der Waals surface area contributed by atoms with E-state index in [9.17, 15) is 26.7 Å². The molecule has 148 valence electrons. The third-order valence-electron chi connectivity index (χ3n) is 5.63. The van der Waals surface area contributed by atoms with Gasteiger partial charge in [-0.15, -0.1) is 0 Å². The molecule has 0 saturated heterocycles. The van der Waals surface area contributed by atoms with E-state index >= 15 is 0 Å². The molecule has 4 rings (SSSR count). The molecular weight excluding hydrogens is 367 g/mol. The van der Waals surface area contributed by atoms with Gasteiger partial charge in [0.1, 0.15) is 0 Å². The Morgan fingerprint density at radius 2 is 1.93 bits per heavy atom. The van der Waals surface area contributed by atoms with Gasteiger partial charge in [-0.2, -0.15) is 13.2 Å². The lowest BCUT2D eigenvalue weighted by atomic mass is 9.86. The number of amides is 1. The summed E-state index contributed by atoms with van der Waals surface area (Å²) in [6.07, 6.45) is -3.22. The van der Waals surface area contributed by atoms with Crippen LogP contribution in [0.4, 0.5) is 27.6 Å². The zero-order valence-corrected chi connectivity index (χ0v) is 14.6. The van der Waals surface area contributed by atoms with Crippen molar-refractivity contribution in [2.24, 2.45) is 5.92 Å². The minimum absolute atomic E-state index is 0.0446. The number of carbonyl (C=O) groups is 1. The molecule has 3 fully saturated rings. The van der Waals surface area contributed by atoms with Gasteiger partial charge in [0, 0.05) is 36.5 Å². The summed E-state index contributed by atoms with van der Waals surface area (Å²) in [5, 5.41) is 3.46. The molecule has 27 heavy (non-hydrogen) atoms. The molecule has 2 atom stereocenters. The monoisotopic (exact) mass is 388 g/mol. The molecule has 0 aromatic heterocycles. The Labute approximate surface area is 153 Å². The number of alkyl halides is 5. The van der Waals surface area contributed by atoms with Crippen molar-refractivity contribution in [2.75, 3.05) is 11.4 Å². The summed E-state index contributed by atoms with van der Waals surface area (Å²) >= 11 is 0. The normalized spacial score (nSPS) is 27.1. The molecular formula is C19H21F5N2O. The van der Waals surface area contributed by atoms with Crippen molar-refractivity contribution in [3.63, 3.8) is 0 Å². The molecule has 3 saturated carbocycles. The Bertz CT molecular complexity index is 723. The molecule has 0 radical (unpaired) electrons. The van der Waals surface area contributed by atoms with Crippen LogP contribution in [0.2, 0.25) is 0 Å². The quantitative estimate of drug-likeness (QED) is 0.740. The Balaban J connectivity index is 1.51. The number of carbonyl (C=O) groups excluding carboxylic acids is 1. The lowest BCUT2D eigenvalue weighted by molar-refractivity contribution is -0.173. The van der Waals surface area contributed by atoms with E-state index in [1.165, 1.54) is 18.9 Å². The van der Waals surface area contributed by atoms with E-state index in [-0.39, 0.29) is 11.6 Å². The van der Waals surface area contributed by atoms with Crippen molar-refractivity contribution >= 4 is 11.6 Å². The van der Waals surface area contributed by atoms with Gasteiger partial charge < -0.3 is 10.2 Å². The van der Waals surface area contributed by atoms with Crippen molar-refractivity contribution in [1.29, 1.82) is 0 Å². The molecule has 2 unspecified atom stereocenters. The fourth-order valence-electron chi connectivity index (χ4n) is 3.78. The largest absolute Gasteiger partial charge is 0.471 e. The van der Waals surface area contributed by atoms with Crippen LogP contribution in [0.25, 0.3) is 0 Å². The maximum atomic E-state index is 13.2. The van der Waals surface area contributed by atoms with Crippen LogP contribution in [0.15, 0.2) is 24.3 Å². The van der Waals surface area contributed by atoms with E-state index < -0.39 is 36.9 Å². The predicted molar refractivity (Wildman–Crippen MR) is 89.8 cm³/mol. The zero-order chi connectivity index (χ0) is 19.4. The first-order valence-electron chi connectivity index (χ1n) is 9.25. The van der Waals surface area contributed by atoms with Crippen LogP contribution < -0.4 is 10.2 Å². The highest BCUT2D eigenvalue weighted by Crippen LogP contribution is 2.46. The van der Waals surface area contributed by atoms with Crippen LogP contribution in [-0.2, 0) is 4.79 Å². The summed E-state index contributed by atoms with van der Waals surface area (Å²) in [5.41, 5.74) is 0.884. The predicted octanol–water partition coefficient (Wildman–Crippen LogP) is 4.24. The average molecular weight is 388 g/mol. The number of rotatable bonds is 6. The standard InChI is InChI=1S/C19H21F5N2O/c20-18(21)8-14(9-18)26(17(27)19(22,23)24)13-3-1-2-12(6-13)15-7-16(15)25-10-11-4-5-11/h1-3,6,11,14-16,25H,4-5,7-10H2. The van der Waals surface area contributed by atoms with Crippen LogP contribution in [-0.4, -0.2) is 36.6 Å². The first kappa shape index (κ1) is 18.7. The number of anilines is 1. The minimum Gasteiger partial charge on any atom is -0.313 e. The highest BCUT2D eigenvalue weighted by molar-refractivity contribution is 5.98. The smallest absolute Gasteiger partial charge is 0.313 e. The second kappa shape index (κ2) is 6.43. The van der Waals surface area contributed by atoms with E-state index in [0.717, 1.165) is 24.4 Å². The van der Waals surface area contributed by atoms with Gasteiger partial charge in [-0.05, 0) is 49.4 Å². The molecule has 8 heteroatoms. The van der Waals surface area contributed by atoms with E-state index in [0.29, 0.717) is 10.9 Å². The van der Waals surface area contributed by atoms with E-state index in [2.05, 4.69) is 5.32 Å². The number of hydrogen-bond acceptors (Lipinski definition) is 2. The highest BCUT2D eigenvalue weighted by atomic mass is 19.4. The minimum atomic E-state index is -5.10. The Morgan fingerprint density at radius 1 is 1.22 bits per heavy atom. The lowest BCUT2D eigenvalue weighted by Gasteiger charge is -2.42. The Hall–Kier alpha value is -1.70. The van der Waals surface area contributed by atoms with Crippen LogP contribution in [0.5, 0.6) is 0 Å². The third-order valence-corrected chi connectivity index (χ3v) is 5.63. The molecule has 0 bridgehead atoms. The molecule has 3 aliphatic rings. The fraction of sp³-hybridized carbons (Fsp3) is 0.632.